The van der Waals surface area contributed by atoms with Crippen LogP contribution in [0, 0.1) is 0 Å². The highest BCUT2D eigenvalue weighted by Gasteiger charge is 2.22. The molecule has 1 saturated carbocycles. The molecule has 3 rings (SSSR count). The Balaban J connectivity index is 1.98. The number of rotatable bonds is 2. The first kappa shape index (κ1) is 12.2. The molecule has 1 aliphatic carbocycles. The lowest BCUT2D eigenvalue weighted by Crippen LogP contribution is -2.25. The van der Waals surface area contributed by atoms with Crippen molar-refractivity contribution in [1.82, 2.24) is 4.98 Å². The van der Waals surface area contributed by atoms with E-state index in [1.54, 1.807) is 6.07 Å². The lowest BCUT2D eigenvalue weighted by Gasteiger charge is -2.25. The number of benzene rings is 1. The maximum absolute atomic E-state index is 11.4. The summed E-state index contributed by atoms with van der Waals surface area (Å²) in [5.41, 5.74) is 14.0. The first-order chi connectivity index (χ1) is 9.15. The molecule has 0 atom stereocenters. The van der Waals surface area contributed by atoms with Gasteiger partial charge in [-0.15, -0.1) is 0 Å². The molecule has 0 unspecified atom stereocenters. The van der Waals surface area contributed by atoms with Crippen LogP contribution >= 0.6 is 0 Å². The Morgan fingerprint density at radius 1 is 1.21 bits per heavy atom. The first-order valence-corrected chi connectivity index (χ1v) is 6.82. The third kappa shape index (κ3) is 2.24. The zero-order valence-electron chi connectivity index (χ0n) is 10.9. The molecule has 2 aromatic rings. The molecule has 5 N–H and O–H groups in total. The summed E-state index contributed by atoms with van der Waals surface area (Å²) in [5, 5.41) is 1.06. The molecule has 0 saturated heterocycles. The molecule has 4 heteroatoms. The molecule has 0 aliphatic heterocycles. The number of carbonyl (C=O) groups is 1. The number of aromatic nitrogens is 1. The number of nitrogens with two attached hydrogens (primary N) is 2. The second kappa shape index (κ2) is 4.70. The van der Waals surface area contributed by atoms with Crippen LogP contribution in [-0.2, 0) is 0 Å². The van der Waals surface area contributed by atoms with Gasteiger partial charge in [0.1, 0.15) is 0 Å². The van der Waals surface area contributed by atoms with Crippen LogP contribution in [0.2, 0.25) is 0 Å². The highest BCUT2D eigenvalue weighted by Crippen LogP contribution is 2.33. The molecule has 19 heavy (non-hydrogen) atoms. The van der Waals surface area contributed by atoms with Crippen molar-refractivity contribution in [2.45, 2.75) is 37.6 Å². The Kier molecular flexibility index (Phi) is 3.03. The van der Waals surface area contributed by atoms with Crippen molar-refractivity contribution in [2.24, 2.45) is 11.5 Å². The fourth-order valence-corrected chi connectivity index (χ4v) is 3.03. The Morgan fingerprint density at radius 2 is 1.95 bits per heavy atom. The minimum absolute atomic E-state index is 0.349. The minimum atomic E-state index is -0.385. The Hall–Kier alpha value is -1.81. The number of carbonyl (C=O) groups excluding carboxylic acids is 1. The van der Waals surface area contributed by atoms with Gasteiger partial charge in [-0.05, 0) is 43.7 Å². The average Bonchev–Trinajstić information content (AvgIpc) is 2.82. The molecule has 1 amide bonds. The molecule has 4 nitrogen and oxygen atoms in total. The van der Waals surface area contributed by atoms with Crippen molar-refractivity contribution >= 4 is 16.8 Å². The normalized spacial score (nSPS) is 23.6. The van der Waals surface area contributed by atoms with Crippen LogP contribution in [0.1, 0.15) is 47.7 Å². The van der Waals surface area contributed by atoms with E-state index in [-0.39, 0.29) is 5.91 Å². The van der Waals surface area contributed by atoms with Crippen LogP contribution < -0.4 is 11.5 Å². The van der Waals surface area contributed by atoms with Gasteiger partial charge in [-0.25, -0.2) is 0 Å². The van der Waals surface area contributed by atoms with Gasteiger partial charge in [0.15, 0.2) is 0 Å². The van der Waals surface area contributed by atoms with E-state index in [0.29, 0.717) is 17.5 Å². The summed E-state index contributed by atoms with van der Waals surface area (Å²) in [6.07, 6.45) is 4.37. The van der Waals surface area contributed by atoms with E-state index in [4.69, 9.17) is 11.5 Å². The molecule has 0 spiro atoms. The number of nitrogens with one attached hydrogen (secondary N) is 1. The Bertz CT molecular complexity index is 609. The summed E-state index contributed by atoms with van der Waals surface area (Å²) in [4.78, 5) is 14.8. The molecule has 1 fully saturated rings. The molecular weight excluding hydrogens is 238 g/mol. The van der Waals surface area contributed by atoms with Crippen molar-refractivity contribution in [1.29, 1.82) is 0 Å². The lowest BCUT2D eigenvalue weighted by atomic mass is 9.84. The van der Waals surface area contributed by atoms with Crippen LogP contribution in [0.15, 0.2) is 24.3 Å². The van der Waals surface area contributed by atoms with Crippen molar-refractivity contribution in [2.75, 3.05) is 0 Å². The summed E-state index contributed by atoms with van der Waals surface area (Å²) in [7, 11) is 0. The number of aromatic amines is 1. The fourth-order valence-electron chi connectivity index (χ4n) is 3.03. The van der Waals surface area contributed by atoms with Gasteiger partial charge in [-0.1, -0.05) is 12.1 Å². The van der Waals surface area contributed by atoms with Crippen molar-refractivity contribution in [3.63, 3.8) is 0 Å². The molecule has 1 heterocycles. The van der Waals surface area contributed by atoms with Crippen LogP contribution in [-0.4, -0.2) is 16.9 Å². The van der Waals surface area contributed by atoms with E-state index in [1.807, 2.05) is 12.1 Å². The smallest absolute Gasteiger partial charge is 0.250 e. The zero-order valence-corrected chi connectivity index (χ0v) is 10.9. The van der Waals surface area contributed by atoms with Gasteiger partial charge in [-0.2, -0.15) is 0 Å². The Labute approximate surface area is 112 Å². The van der Waals surface area contributed by atoms with Crippen LogP contribution in [0.3, 0.4) is 0 Å². The molecule has 1 aliphatic rings. The molecule has 0 bridgehead atoms. The van der Waals surface area contributed by atoms with Crippen molar-refractivity contribution in [3.05, 3.63) is 35.5 Å². The van der Waals surface area contributed by atoms with Crippen molar-refractivity contribution in [3.8, 4) is 0 Å². The van der Waals surface area contributed by atoms with E-state index in [2.05, 4.69) is 11.1 Å². The van der Waals surface area contributed by atoms with Gasteiger partial charge in [0, 0.05) is 17.1 Å². The summed E-state index contributed by atoms with van der Waals surface area (Å²) in [6.45, 7) is 0. The summed E-state index contributed by atoms with van der Waals surface area (Å²) in [6, 6.07) is 8.14. The molecule has 100 valence electrons. The first-order valence-electron chi connectivity index (χ1n) is 6.82. The van der Waals surface area contributed by atoms with Gasteiger partial charge < -0.3 is 16.5 Å². The lowest BCUT2D eigenvalue weighted by molar-refractivity contribution is 0.100. The van der Waals surface area contributed by atoms with Gasteiger partial charge in [0.05, 0.1) is 11.1 Å². The highest BCUT2D eigenvalue weighted by molar-refractivity contribution is 6.05. The van der Waals surface area contributed by atoms with E-state index < -0.39 is 0 Å². The van der Waals surface area contributed by atoms with Gasteiger partial charge >= 0.3 is 0 Å². The Morgan fingerprint density at radius 3 is 2.63 bits per heavy atom. The third-order valence-corrected chi connectivity index (χ3v) is 4.15. The number of primary amides is 1. The largest absolute Gasteiger partial charge is 0.366 e. The quantitative estimate of drug-likeness (QED) is 0.770. The number of para-hydroxylation sites is 1. The van der Waals surface area contributed by atoms with E-state index in [0.717, 1.165) is 36.6 Å². The predicted octanol–water partition coefficient (Wildman–Crippen LogP) is 2.25. The average molecular weight is 257 g/mol. The number of hydrogen-bond acceptors (Lipinski definition) is 2. The van der Waals surface area contributed by atoms with Gasteiger partial charge in [0.25, 0.3) is 5.91 Å². The van der Waals surface area contributed by atoms with E-state index in [9.17, 15) is 4.79 Å². The second-order valence-corrected chi connectivity index (χ2v) is 5.47. The fraction of sp³-hybridized carbons (Fsp3) is 0.400. The summed E-state index contributed by atoms with van der Waals surface area (Å²) in [5.74, 6) is 0.137. The predicted molar refractivity (Wildman–Crippen MR) is 76.0 cm³/mol. The molecular formula is C15H19N3O. The highest BCUT2D eigenvalue weighted by atomic mass is 16.1. The second-order valence-electron chi connectivity index (χ2n) is 5.47. The van der Waals surface area contributed by atoms with Gasteiger partial charge in [0.2, 0.25) is 0 Å². The van der Waals surface area contributed by atoms with E-state index >= 15 is 0 Å². The monoisotopic (exact) mass is 257 g/mol. The molecule has 1 aromatic heterocycles. The van der Waals surface area contributed by atoms with Crippen molar-refractivity contribution < 1.29 is 4.79 Å². The number of amides is 1. The summed E-state index contributed by atoms with van der Waals surface area (Å²) >= 11 is 0. The third-order valence-electron chi connectivity index (χ3n) is 4.15. The van der Waals surface area contributed by atoms with E-state index in [1.165, 1.54) is 5.69 Å². The minimum Gasteiger partial charge on any atom is -0.366 e. The maximum atomic E-state index is 11.4. The molecule has 1 aromatic carbocycles. The maximum Gasteiger partial charge on any atom is 0.250 e. The number of hydrogen-bond donors (Lipinski definition) is 3. The summed E-state index contributed by atoms with van der Waals surface area (Å²) < 4.78 is 0. The molecule has 0 radical (unpaired) electrons. The zero-order chi connectivity index (χ0) is 13.4. The topological polar surface area (TPSA) is 84.9 Å². The SMILES string of the molecule is NC(=O)c1cccc2cc(C3CCC(N)CC3)[nH]c12. The number of fused-ring (bicyclic) bond motifs is 1. The van der Waals surface area contributed by atoms with Crippen LogP contribution in [0.4, 0.5) is 0 Å². The van der Waals surface area contributed by atoms with Crippen LogP contribution in [0.25, 0.3) is 10.9 Å². The standard InChI is InChI=1S/C15H19N3O/c16-11-6-4-9(5-7-11)13-8-10-2-1-3-12(15(17)19)14(10)18-13/h1-3,8-9,11,18H,4-7,16H2,(H2,17,19). The van der Waals surface area contributed by atoms with Crippen LogP contribution in [0.5, 0.6) is 0 Å². The van der Waals surface area contributed by atoms with Gasteiger partial charge in [-0.3, -0.25) is 4.79 Å². The number of H-pyrrole nitrogens is 1.